The predicted octanol–water partition coefficient (Wildman–Crippen LogP) is 5.30. The summed E-state index contributed by atoms with van der Waals surface area (Å²) in [6.07, 6.45) is -0.345. The summed E-state index contributed by atoms with van der Waals surface area (Å²) in [5.41, 5.74) is 4.32. The van der Waals surface area contributed by atoms with Crippen molar-refractivity contribution in [1.29, 1.82) is 5.26 Å². The minimum absolute atomic E-state index is 0.0467. The molecule has 1 aliphatic carbocycles. The molecule has 3 aromatic carbocycles. The van der Waals surface area contributed by atoms with Crippen LogP contribution in [0, 0.1) is 11.3 Å². The first kappa shape index (κ1) is 23.1. The van der Waals surface area contributed by atoms with E-state index in [1.54, 1.807) is 35.0 Å². The quantitative estimate of drug-likeness (QED) is 0.387. The molecule has 5 rings (SSSR count). The van der Waals surface area contributed by atoms with E-state index < -0.39 is 18.1 Å². The van der Waals surface area contributed by atoms with Gasteiger partial charge in [-0.15, -0.1) is 0 Å². The number of aromatic nitrogens is 2. The number of amides is 1. The second-order valence-electron chi connectivity index (χ2n) is 8.30. The maximum atomic E-state index is 13.6. The first-order chi connectivity index (χ1) is 17.0. The number of carbonyl (C=O) groups is 1. The Kier molecular flexibility index (Phi) is 6.31. The molecule has 2 atom stereocenters. The molecule has 1 heterocycles. The summed E-state index contributed by atoms with van der Waals surface area (Å²) in [5, 5.41) is 28.8. The molecule has 1 aliphatic rings. The van der Waals surface area contributed by atoms with Crippen LogP contribution < -0.4 is 5.32 Å². The van der Waals surface area contributed by atoms with Crippen molar-refractivity contribution in [3.63, 3.8) is 0 Å². The molecule has 0 saturated heterocycles. The number of aliphatic hydroxyl groups excluding tert-OH is 1. The van der Waals surface area contributed by atoms with Gasteiger partial charge in [0.1, 0.15) is 0 Å². The van der Waals surface area contributed by atoms with Gasteiger partial charge in [-0.05, 0) is 35.4 Å². The van der Waals surface area contributed by atoms with Crippen molar-refractivity contribution >= 4 is 29.1 Å². The number of halogens is 2. The second-order valence-corrected chi connectivity index (χ2v) is 9.15. The summed E-state index contributed by atoms with van der Waals surface area (Å²) in [5.74, 6) is -0.475. The molecule has 8 heteroatoms. The lowest BCUT2D eigenvalue weighted by molar-refractivity contribution is 0.0852. The van der Waals surface area contributed by atoms with Crippen LogP contribution in [-0.4, -0.2) is 26.9 Å². The molecule has 0 spiro atoms. The summed E-state index contributed by atoms with van der Waals surface area (Å²) in [6.45, 7) is 0. The van der Waals surface area contributed by atoms with E-state index in [1.165, 1.54) is 0 Å². The van der Waals surface area contributed by atoms with Gasteiger partial charge in [0.2, 0.25) is 0 Å². The van der Waals surface area contributed by atoms with Crippen LogP contribution in [0.15, 0.2) is 72.8 Å². The van der Waals surface area contributed by atoms with Crippen LogP contribution >= 0.6 is 23.2 Å². The van der Waals surface area contributed by atoms with Crippen LogP contribution in [0.4, 0.5) is 0 Å². The Morgan fingerprint density at radius 2 is 1.80 bits per heavy atom. The molecule has 2 N–H and O–H groups in total. The SMILES string of the molecule is N#CCc1c(C(=O)N[C@H]2c3ccccc3C[C@H]2O)nn(-c2ccccc2Cl)c1-c1ccc(Cl)cc1. The van der Waals surface area contributed by atoms with Crippen LogP contribution in [0.3, 0.4) is 0 Å². The number of carbonyl (C=O) groups excluding carboxylic acids is 1. The molecule has 6 nitrogen and oxygen atoms in total. The maximum Gasteiger partial charge on any atom is 0.272 e. The standard InChI is InChI=1S/C27H20Cl2N4O2/c28-18-11-9-16(10-12-18)26-20(13-14-30)25(32-33(26)22-8-4-3-7-21(22)29)27(35)31-24-19-6-2-1-5-17(19)15-23(24)34/h1-12,23-24,34H,13,15H2,(H,31,35)/t23-,24+/m1/s1. The highest BCUT2D eigenvalue weighted by Gasteiger charge is 2.34. The number of rotatable bonds is 5. The summed E-state index contributed by atoms with van der Waals surface area (Å²) in [7, 11) is 0. The number of hydrogen-bond acceptors (Lipinski definition) is 4. The Morgan fingerprint density at radius 1 is 1.09 bits per heavy atom. The Bertz CT molecular complexity index is 1460. The zero-order valence-corrected chi connectivity index (χ0v) is 20.0. The Balaban J connectivity index is 1.64. The van der Waals surface area contributed by atoms with Crippen molar-refractivity contribution in [3.05, 3.63) is 105 Å². The van der Waals surface area contributed by atoms with Gasteiger partial charge < -0.3 is 10.4 Å². The Morgan fingerprint density at radius 3 is 2.54 bits per heavy atom. The molecule has 0 radical (unpaired) electrons. The third-order valence-corrected chi connectivity index (χ3v) is 6.71. The molecule has 0 bridgehead atoms. The van der Waals surface area contributed by atoms with Crippen molar-refractivity contribution in [2.45, 2.75) is 25.0 Å². The largest absolute Gasteiger partial charge is 0.390 e. The van der Waals surface area contributed by atoms with Crippen LogP contribution in [0.25, 0.3) is 16.9 Å². The Labute approximate surface area is 212 Å². The van der Waals surface area contributed by atoms with Gasteiger partial charge in [-0.1, -0.05) is 71.7 Å². The molecular weight excluding hydrogens is 483 g/mol. The average Bonchev–Trinajstić information content (AvgIpc) is 3.38. The minimum atomic E-state index is -0.753. The summed E-state index contributed by atoms with van der Waals surface area (Å²) >= 11 is 12.6. The molecular formula is C27H20Cl2N4O2. The summed E-state index contributed by atoms with van der Waals surface area (Å²) in [4.78, 5) is 13.6. The number of benzene rings is 3. The van der Waals surface area contributed by atoms with Crippen molar-refractivity contribution in [3.8, 4) is 23.0 Å². The molecule has 0 aliphatic heterocycles. The average molecular weight is 503 g/mol. The number of nitrogens with one attached hydrogen (secondary N) is 1. The van der Waals surface area contributed by atoms with E-state index in [0.717, 1.165) is 16.7 Å². The number of nitriles is 1. The summed E-state index contributed by atoms with van der Waals surface area (Å²) < 4.78 is 1.59. The third-order valence-electron chi connectivity index (χ3n) is 6.14. The van der Waals surface area contributed by atoms with Gasteiger partial charge in [-0.3, -0.25) is 4.79 Å². The highest BCUT2D eigenvalue weighted by Crippen LogP contribution is 2.35. The van der Waals surface area contributed by atoms with E-state index in [4.69, 9.17) is 23.2 Å². The second kappa shape index (κ2) is 9.55. The summed E-state index contributed by atoms with van der Waals surface area (Å²) in [6, 6.07) is 23.5. The normalized spacial score (nSPS) is 16.5. The maximum absolute atomic E-state index is 13.6. The van der Waals surface area contributed by atoms with Gasteiger partial charge in [0.25, 0.3) is 5.91 Å². The zero-order valence-electron chi connectivity index (χ0n) is 18.5. The number of fused-ring (bicyclic) bond motifs is 1. The molecule has 0 saturated carbocycles. The third kappa shape index (κ3) is 4.30. The zero-order chi connectivity index (χ0) is 24.5. The number of aliphatic hydroxyl groups is 1. The molecule has 1 amide bonds. The van der Waals surface area contributed by atoms with E-state index in [1.807, 2.05) is 42.5 Å². The van der Waals surface area contributed by atoms with E-state index in [2.05, 4.69) is 16.5 Å². The number of para-hydroxylation sites is 1. The number of nitrogens with zero attached hydrogens (tertiary/aromatic N) is 3. The van der Waals surface area contributed by atoms with E-state index in [9.17, 15) is 15.2 Å². The molecule has 174 valence electrons. The number of hydrogen-bond donors (Lipinski definition) is 2. The van der Waals surface area contributed by atoms with Crippen LogP contribution in [0.5, 0.6) is 0 Å². The Hall–Kier alpha value is -3.63. The van der Waals surface area contributed by atoms with Crippen LogP contribution in [-0.2, 0) is 12.8 Å². The van der Waals surface area contributed by atoms with Crippen molar-refractivity contribution < 1.29 is 9.90 Å². The topological polar surface area (TPSA) is 90.9 Å². The lowest BCUT2D eigenvalue weighted by atomic mass is 10.0. The minimum Gasteiger partial charge on any atom is -0.390 e. The van der Waals surface area contributed by atoms with Crippen molar-refractivity contribution in [2.24, 2.45) is 0 Å². The highest BCUT2D eigenvalue weighted by atomic mass is 35.5. The molecule has 0 unspecified atom stereocenters. The predicted molar refractivity (Wildman–Crippen MR) is 135 cm³/mol. The first-order valence-electron chi connectivity index (χ1n) is 11.0. The lowest BCUT2D eigenvalue weighted by Gasteiger charge is -2.17. The smallest absolute Gasteiger partial charge is 0.272 e. The van der Waals surface area contributed by atoms with Crippen LogP contribution in [0.1, 0.15) is 33.2 Å². The van der Waals surface area contributed by atoms with Gasteiger partial charge in [0.15, 0.2) is 5.69 Å². The fraction of sp³-hybridized carbons (Fsp3) is 0.148. The molecule has 35 heavy (non-hydrogen) atoms. The van der Waals surface area contributed by atoms with E-state index in [0.29, 0.717) is 33.4 Å². The van der Waals surface area contributed by atoms with Crippen molar-refractivity contribution in [1.82, 2.24) is 15.1 Å². The highest BCUT2D eigenvalue weighted by molar-refractivity contribution is 6.32. The van der Waals surface area contributed by atoms with E-state index in [-0.39, 0.29) is 12.1 Å². The first-order valence-corrected chi connectivity index (χ1v) is 11.8. The van der Waals surface area contributed by atoms with Gasteiger partial charge >= 0.3 is 0 Å². The molecule has 1 aromatic heterocycles. The van der Waals surface area contributed by atoms with Gasteiger partial charge in [0.05, 0.1) is 41.0 Å². The lowest BCUT2D eigenvalue weighted by Crippen LogP contribution is -2.34. The van der Waals surface area contributed by atoms with E-state index >= 15 is 0 Å². The van der Waals surface area contributed by atoms with Crippen LogP contribution in [0.2, 0.25) is 10.0 Å². The molecule has 0 fully saturated rings. The molecule has 4 aromatic rings. The fourth-order valence-corrected chi connectivity index (χ4v) is 4.88. The van der Waals surface area contributed by atoms with Crippen molar-refractivity contribution in [2.75, 3.05) is 0 Å². The monoisotopic (exact) mass is 502 g/mol. The van der Waals surface area contributed by atoms with Gasteiger partial charge in [-0.25, -0.2) is 4.68 Å². The van der Waals surface area contributed by atoms with Gasteiger partial charge in [-0.2, -0.15) is 10.4 Å². The fourth-order valence-electron chi connectivity index (χ4n) is 4.54. The van der Waals surface area contributed by atoms with Gasteiger partial charge in [0, 0.05) is 22.6 Å².